The fourth-order valence-corrected chi connectivity index (χ4v) is 4.44. The van der Waals surface area contributed by atoms with Gasteiger partial charge < -0.3 is 41.9 Å². The quantitative estimate of drug-likeness (QED) is 0.118. The Bertz CT molecular complexity index is 1260. The number of nitrogens with zero attached hydrogens (tertiary/aromatic N) is 1. The SMILES string of the molecule is CSCCC(NC(=O)C(CO)NC(=O)C(N)Cc1cnc[nH]1)C(=O)NC(Cc1c[nH]c2ccccc12)C(=O)O. The van der Waals surface area contributed by atoms with E-state index in [1.165, 1.54) is 24.3 Å². The van der Waals surface area contributed by atoms with E-state index in [-0.39, 0.29) is 19.3 Å². The number of aromatic nitrogens is 3. The summed E-state index contributed by atoms with van der Waals surface area (Å²) in [4.78, 5) is 60.3. The Hall–Kier alpha value is -3.88. The molecule has 0 bridgehead atoms. The summed E-state index contributed by atoms with van der Waals surface area (Å²) in [5, 5.41) is 27.8. The van der Waals surface area contributed by atoms with Crippen molar-refractivity contribution in [3.63, 3.8) is 0 Å². The number of aliphatic hydroxyl groups excluding tert-OH is 1. The normalized spacial score (nSPS) is 14.2. The summed E-state index contributed by atoms with van der Waals surface area (Å²) in [7, 11) is 0. The number of carboxylic acid groups (broad SMARTS) is 1. The number of aromatic amines is 2. The number of carboxylic acids is 1. The molecule has 0 saturated heterocycles. The van der Waals surface area contributed by atoms with E-state index in [9.17, 15) is 29.4 Å². The number of carbonyl (C=O) groups is 4. The smallest absolute Gasteiger partial charge is 0.326 e. The van der Waals surface area contributed by atoms with Gasteiger partial charge in [0.2, 0.25) is 17.7 Å². The van der Waals surface area contributed by atoms with Crippen LogP contribution >= 0.6 is 11.8 Å². The number of aliphatic hydroxyl groups is 1. The van der Waals surface area contributed by atoms with Crippen molar-refractivity contribution in [1.82, 2.24) is 30.9 Å². The number of thioether (sulfide) groups is 1. The van der Waals surface area contributed by atoms with Gasteiger partial charge in [-0.25, -0.2) is 9.78 Å². The van der Waals surface area contributed by atoms with Gasteiger partial charge in [0.25, 0.3) is 0 Å². The lowest BCUT2D eigenvalue weighted by Gasteiger charge is -2.24. The summed E-state index contributed by atoms with van der Waals surface area (Å²) in [6, 6.07) is 2.68. The summed E-state index contributed by atoms with van der Waals surface area (Å²) in [5.41, 5.74) is 8.09. The van der Waals surface area contributed by atoms with Gasteiger partial charge in [-0.1, -0.05) is 18.2 Å². The Labute approximate surface area is 228 Å². The fourth-order valence-electron chi connectivity index (χ4n) is 3.97. The van der Waals surface area contributed by atoms with Crippen molar-refractivity contribution in [2.75, 3.05) is 18.6 Å². The maximum Gasteiger partial charge on any atom is 0.326 e. The number of hydrogen-bond acceptors (Lipinski definition) is 8. The molecule has 2 aromatic heterocycles. The van der Waals surface area contributed by atoms with Crippen LogP contribution in [0.1, 0.15) is 17.7 Å². The Kier molecular flexibility index (Phi) is 10.9. The lowest BCUT2D eigenvalue weighted by molar-refractivity contribution is -0.142. The van der Waals surface area contributed by atoms with Crippen LogP contribution in [0.3, 0.4) is 0 Å². The van der Waals surface area contributed by atoms with Crippen molar-refractivity contribution >= 4 is 46.4 Å². The molecule has 0 radical (unpaired) electrons. The third-order valence-electron chi connectivity index (χ3n) is 6.10. The number of nitrogens with one attached hydrogen (secondary N) is 5. The van der Waals surface area contributed by atoms with E-state index in [2.05, 4.69) is 30.9 Å². The van der Waals surface area contributed by atoms with E-state index in [1.807, 2.05) is 30.5 Å². The highest BCUT2D eigenvalue weighted by Crippen LogP contribution is 2.19. The predicted molar refractivity (Wildman–Crippen MR) is 146 cm³/mol. The molecule has 9 N–H and O–H groups in total. The first kappa shape index (κ1) is 29.7. The number of imidazole rings is 1. The van der Waals surface area contributed by atoms with Crippen LogP contribution in [0.5, 0.6) is 0 Å². The fraction of sp³-hybridized carbons (Fsp3) is 0.400. The second kappa shape index (κ2) is 14.3. The minimum absolute atomic E-state index is 0.0256. The highest BCUT2D eigenvalue weighted by Gasteiger charge is 2.30. The number of benzene rings is 1. The second-order valence-corrected chi connectivity index (χ2v) is 9.92. The van der Waals surface area contributed by atoms with Crippen LogP contribution < -0.4 is 21.7 Å². The molecule has 3 amide bonds. The van der Waals surface area contributed by atoms with Gasteiger partial charge in [-0.2, -0.15) is 11.8 Å². The molecule has 14 heteroatoms. The minimum Gasteiger partial charge on any atom is -0.480 e. The second-order valence-electron chi connectivity index (χ2n) is 8.94. The van der Waals surface area contributed by atoms with Crippen LogP contribution in [-0.2, 0) is 32.0 Å². The molecular formula is C25H33N7O6S. The van der Waals surface area contributed by atoms with Crippen LogP contribution in [-0.4, -0.2) is 91.6 Å². The molecule has 39 heavy (non-hydrogen) atoms. The van der Waals surface area contributed by atoms with E-state index in [0.717, 1.165) is 16.5 Å². The molecule has 13 nitrogen and oxygen atoms in total. The lowest BCUT2D eigenvalue weighted by Crippen LogP contribution is -2.58. The molecule has 3 aromatic rings. The maximum atomic E-state index is 13.1. The largest absolute Gasteiger partial charge is 0.480 e. The molecule has 0 saturated carbocycles. The van der Waals surface area contributed by atoms with Crippen molar-refractivity contribution in [2.24, 2.45) is 5.73 Å². The number of carbonyl (C=O) groups excluding carboxylic acids is 3. The summed E-state index contributed by atoms with van der Waals surface area (Å²) >= 11 is 1.44. The zero-order valence-corrected chi connectivity index (χ0v) is 22.2. The summed E-state index contributed by atoms with van der Waals surface area (Å²) in [5.74, 6) is -2.90. The Morgan fingerprint density at radius 3 is 2.36 bits per heavy atom. The topological polar surface area (TPSA) is 215 Å². The number of rotatable bonds is 15. The molecule has 1 aromatic carbocycles. The molecule has 2 heterocycles. The molecule has 0 aliphatic heterocycles. The molecule has 210 valence electrons. The molecule has 0 aliphatic carbocycles. The number of fused-ring (bicyclic) bond motifs is 1. The van der Waals surface area contributed by atoms with Crippen molar-refractivity contribution < 1.29 is 29.4 Å². The average molecular weight is 560 g/mol. The van der Waals surface area contributed by atoms with Gasteiger partial charge >= 0.3 is 5.97 Å². The van der Waals surface area contributed by atoms with E-state index >= 15 is 0 Å². The van der Waals surface area contributed by atoms with E-state index in [1.54, 1.807) is 6.20 Å². The van der Waals surface area contributed by atoms with Crippen LogP contribution in [0.2, 0.25) is 0 Å². The number of nitrogens with two attached hydrogens (primary N) is 1. The number of amides is 3. The highest BCUT2D eigenvalue weighted by molar-refractivity contribution is 7.98. The predicted octanol–water partition coefficient (Wildman–Crippen LogP) is -0.712. The van der Waals surface area contributed by atoms with Gasteiger partial charge in [0.15, 0.2) is 0 Å². The van der Waals surface area contributed by atoms with Gasteiger partial charge in [-0.05, 0) is 30.1 Å². The van der Waals surface area contributed by atoms with Gasteiger partial charge in [-0.15, -0.1) is 0 Å². The third-order valence-corrected chi connectivity index (χ3v) is 6.75. The number of hydrogen-bond donors (Lipinski definition) is 8. The van der Waals surface area contributed by atoms with Gasteiger partial charge in [0, 0.05) is 41.8 Å². The minimum atomic E-state index is -1.36. The molecule has 4 unspecified atom stereocenters. The molecule has 4 atom stereocenters. The third kappa shape index (κ3) is 8.30. The van der Waals surface area contributed by atoms with Crippen molar-refractivity contribution in [2.45, 2.75) is 43.4 Å². The van der Waals surface area contributed by atoms with Crippen LogP contribution in [0.4, 0.5) is 0 Å². The number of H-pyrrole nitrogens is 2. The van der Waals surface area contributed by atoms with Crippen LogP contribution in [0.25, 0.3) is 10.9 Å². The standard InChI is InChI=1S/C25H33N7O6S/c1-39-7-6-19(30-24(36)21(12-33)32-22(34)17(26)9-15-11-27-13-29-15)23(35)31-20(25(37)38)8-14-10-28-18-5-3-2-4-16(14)18/h2-5,10-11,13,17,19-21,28,33H,6-9,12,26H2,1H3,(H,27,29)(H,30,36)(H,31,35)(H,32,34)(H,37,38). The molecule has 0 aliphatic rings. The number of aliphatic carboxylic acids is 1. The average Bonchev–Trinajstić information content (AvgIpc) is 3.58. The monoisotopic (exact) mass is 559 g/mol. The van der Waals surface area contributed by atoms with E-state index in [0.29, 0.717) is 11.4 Å². The Balaban J connectivity index is 1.65. The molecule has 3 rings (SSSR count). The molecular weight excluding hydrogens is 526 g/mol. The van der Waals surface area contributed by atoms with Gasteiger partial charge in [-0.3, -0.25) is 14.4 Å². The molecule has 0 fully saturated rings. The first-order valence-corrected chi connectivity index (χ1v) is 13.6. The van der Waals surface area contributed by atoms with Crippen LogP contribution in [0.15, 0.2) is 43.0 Å². The van der Waals surface area contributed by atoms with Crippen LogP contribution in [0, 0.1) is 0 Å². The van der Waals surface area contributed by atoms with Gasteiger partial charge in [0.1, 0.15) is 18.1 Å². The van der Waals surface area contributed by atoms with E-state index in [4.69, 9.17) is 5.73 Å². The summed E-state index contributed by atoms with van der Waals surface area (Å²) in [6.45, 7) is -0.733. The maximum absolute atomic E-state index is 13.1. The first-order chi connectivity index (χ1) is 18.7. The van der Waals surface area contributed by atoms with E-state index < -0.39 is 54.5 Å². The first-order valence-electron chi connectivity index (χ1n) is 12.2. The number of para-hydroxylation sites is 1. The van der Waals surface area contributed by atoms with Crippen molar-refractivity contribution in [3.8, 4) is 0 Å². The lowest BCUT2D eigenvalue weighted by atomic mass is 10.0. The molecule has 0 spiro atoms. The van der Waals surface area contributed by atoms with Gasteiger partial charge in [0.05, 0.1) is 19.0 Å². The summed E-state index contributed by atoms with van der Waals surface area (Å²) < 4.78 is 0. The zero-order chi connectivity index (χ0) is 28.4. The van der Waals surface area contributed by atoms with Crippen molar-refractivity contribution in [1.29, 1.82) is 0 Å². The summed E-state index contributed by atoms with van der Waals surface area (Å²) in [6.07, 6.45) is 6.84. The Morgan fingerprint density at radius 2 is 1.69 bits per heavy atom. The Morgan fingerprint density at radius 1 is 1.00 bits per heavy atom. The highest BCUT2D eigenvalue weighted by atomic mass is 32.2. The zero-order valence-electron chi connectivity index (χ0n) is 21.3. The van der Waals surface area contributed by atoms with Crippen molar-refractivity contribution in [3.05, 3.63) is 54.2 Å².